The van der Waals surface area contributed by atoms with Crippen LogP contribution in [0.1, 0.15) is 28.7 Å². The van der Waals surface area contributed by atoms with E-state index in [0.717, 1.165) is 17.7 Å². The quantitative estimate of drug-likeness (QED) is 0.861. The zero-order valence-corrected chi connectivity index (χ0v) is 10.9. The Hall–Kier alpha value is -1.75. The maximum Gasteiger partial charge on any atom is 0.194 e. The fourth-order valence-corrected chi connectivity index (χ4v) is 2.18. The fraction of sp³-hybridized carbons (Fsp3) is 0.286. The van der Waals surface area contributed by atoms with Gasteiger partial charge in [0.1, 0.15) is 11.5 Å². The van der Waals surface area contributed by atoms with Crippen LogP contribution in [0.4, 0.5) is 13.2 Å². The van der Waals surface area contributed by atoms with Crippen molar-refractivity contribution in [1.82, 2.24) is 5.32 Å². The third-order valence-corrected chi connectivity index (χ3v) is 3.02. The first kappa shape index (κ1) is 13.7. The van der Waals surface area contributed by atoms with E-state index in [1.54, 1.807) is 27.0 Å². The molecule has 1 aromatic carbocycles. The van der Waals surface area contributed by atoms with E-state index in [4.69, 9.17) is 4.42 Å². The van der Waals surface area contributed by atoms with Crippen molar-refractivity contribution in [2.75, 3.05) is 7.05 Å². The molecule has 5 heteroatoms. The Morgan fingerprint density at radius 3 is 2.05 bits per heavy atom. The van der Waals surface area contributed by atoms with Crippen molar-refractivity contribution in [2.45, 2.75) is 19.9 Å². The van der Waals surface area contributed by atoms with Crippen molar-refractivity contribution in [2.24, 2.45) is 0 Å². The van der Waals surface area contributed by atoms with Gasteiger partial charge in [-0.3, -0.25) is 0 Å². The first-order chi connectivity index (χ1) is 8.93. The maximum absolute atomic E-state index is 13.3. The van der Waals surface area contributed by atoms with Crippen LogP contribution in [0.2, 0.25) is 0 Å². The van der Waals surface area contributed by atoms with Crippen LogP contribution < -0.4 is 5.32 Å². The van der Waals surface area contributed by atoms with Crippen LogP contribution in [-0.2, 0) is 0 Å². The number of hydrogen-bond donors (Lipinski definition) is 1. The minimum absolute atomic E-state index is 0.308. The summed E-state index contributed by atoms with van der Waals surface area (Å²) < 4.78 is 45.0. The zero-order chi connectivity index (χ0) is 14.2. The zero-order valence-electron chi connectivity index (χ0n) is 10.9. The highest BCUT2D eigenvalue weighted by molar-refractivity contribution is 5.35. The van der Waals surface area contributed by atoms with Gasteiger partial charge in [-0.15, -0.1) is 0 Å². The Balaban J connectivity index is 2.51. The van der Waals surface area contributed by atoms with E-state index in [1.807, 2.05) is 0 Å². The predicted molar refractivity (Wildman–Crippen MR) is 65.4 cm³/mol. The normalized spacial score (nSPS) is 12.7. The molecule has 0 fully saturated rings. The van der Waals surface area contributed by atoms with Crippen molar-refractivity contribution in [1.29, 1.82) is 0 Å². The number of rotatable bonds is 3. The third-order valence-electron chi connectivity index (χ3n) is 3.02. The highest BCUT2D eigenvalue weighted by atomic mass is 19.2. The molecular weight excluding hydrogens is 255 g/mol. The van der Waals surface area contributed by atoms with Crippen LogP contribution in [-0.4, -0.2) is 7.05 Å². The molecule has 0 amide bonds. The van der Waals surface area contributed by atoms with Gasteiger partial charge in [0, 0.05) is 5.56 Å². The summed E-state index contributed by atoms with van der Waals surface area (Å²) in [5.41, 5.74) is 1.08. The molecule has 0 radical (unpaired) electrons. The topological polar surface area (TPSA) is 25.2 Å². The van der Waals surface area contributed by atoms with Gasteiger partial charge in [0.2, 0.25) is 0 Å². The van der Waals surface area contributed by atoms with E-state index < -0.39 is 23.5 Å². The summed E-state index contributed by atoms with van der Waals surface area (Å²) in [5.74, 6) is -2.50. The van der Waals surface area contributed by atoms with Crippen LogP contribution in [0, 0.1) is 31.3 Å². The highest BCUT2D eigenvalue weighted by Crippen LogP contribution is 2.28. The summed E-state index contributed by atoms with van der Waals surface area (Å²) in [5, 5.41) is 2.95. The lowest BCUT2D eigenvalue weighted by Gasteiger charge is -2.16. The van der Waals surface area contributed by atoms with Crippen LogP contribution in [0.3, 0.4) is 0 Å². The molecule has 1 aromatic heterocycles. The van der Waals surface area contributed by atoms with Crippen molar-refractivity contribution in [3.63, 3.8) is 0 Å². The van der Waals surface area contributed by atoms with E-state index in [0.29, 0.717) is 17.1 Å². The second-order valence-corrected chi connectivity index (χ2v) is 4.39. The number of hydrogen-bond acceptors (Lipinski definition) is 2. The molecule has 0 saturated heterocycles. The van der Waals surface area contributed by atoms with Crippen LogP contribution in [0.25, 0.3) is 0 Å². The monoisotopic (exact) mass is 269 g/mol. The number of benzene rings is 1. The Bertz CT molecular complexity index is 584. The summed E-state index contributed by atoms with van der Waals surface area (Å²) in [7, 11) is 1.66. The summed E-state index contributed by atoms with van der Waals surface area (Å²) in [6, 6.07) is 3.31. The lowest BCUT2D eigenvalue weighted by atomic mass is 9.98. The van der Waals surface area contributed by atoms with E-state index in [1.165, 1.54) is 0 Å². The van der Waals surface area contributed by atoms with Crippen molar-refractivity contribution >= 4 is 0 Å². The molecule has 1 heterocycles. The van der Waals surface area contributed by atoms with Crippen LogP contribution in [0.15, 0.2) is 22.6 Å². The molecule has 0 spiro atoms. The summed E-state index contributed by atoms with van der Waals surface area (Å²) >= 11 is 0. The molecule has 0 saturated carbocycles. The number of halogens is 3. The van der Waals surface area contributed by atoms with Crippen molar-refractivity contribution < 1.29 is 17.6 Å². The Labute approximate surface area is 109 Å². The Morgan fingerprint density at radius 2 is 1.63 bits per heavy atom. The van der Waals surface area contributed by atoms with Crippen LogP contribution >= 0.6 is 0 Å². The van der Waals surface area contributed by atoms with Gasteiger partial charge in [-0.1, -0.05) is 0 Å². The lowest BCUT2D eigenvalue weighted by molar-refractivity contribution is 0.443. The molecule has 2 nitrogen and oxygen atoms in total. The maximum atomic E-state index is 13.3. The fourth-order valence-electron chi connectivity index (χ4n) is 2.18. The van der Waals surface area contributed by atoms with Crippen LogP contribution in [0.5, 0.6) is 0 Å². The summed E-state index contributed by atoms with van der Waals surface area (Å²) in [6.07, 6.45) is 0. The standard InChI is InChI=1S/C14H14F3NO/c1-7-4-10(8(2)19-7)14(18-3)9-5-11(15)13(17)12(16)6-9/h4-6,14,18H,1-3H3. The van der Waals surface area contributed by atoms with Gasteiger partial charge in [-0.25, -0.2) is 13.2 Å². The molecule has 1 atom stereocenters. The molecular formula is C14H14F3NO. The smallest absolute Gasteiger partial charge is 0.194 e. The van der Waals surface area contributed by atoms with E-state index >= 15 is 0 Å². The molecule has 1 N–H and O–H groups in total. The number of nitrogens with one attached hydrogen (secondary N) is 1. The van der Waals surface area contributed by atoms with Gasteiger partial charge in [0.05, 0.1) is 6.04 Å². The summed E-state index contributed by atoms with van der Waals surface area (Å²) in [4.78, 5) is 0. The molecule has 0 bridgehead atoms. The van der Waals surface area contributed by atoms with E-state index in [2.05, 4.69) is 5.32 Å². The second kappa shape index (κ2) is 5.09. The largest absolute Gasteiger partial charge is 0.466 e. The molecule has 0 aliphatic carbocycles. The Kier molecular flexibility index (Phi) is 3.66. The van der Waals surface area contributed by atoms with Gasteiger partial charge in [0.25, 0.3) is 0 Å². The number of aryl methyl sites for hydroxylation is 2. The summed E-state index contributed by atoms with van der Waals surface area (Å²) in [6.45, 7) is 3.55. The SMILES string of the molecule is CNC(c1cc(F)c(F)c(F)c1)c1cc(C)oc1C. The first-order valence-corrected chi connectivity index (χ1v) is 5.82. The minimum Gasteiger partial charge on any atom is -0.466 e. The van der Waals surface area contributed by atoms with Gasteiger partial charge in [-0.05, 0) is 44.7 Å². The molecule has 19 heavy (non-hydrogen) atoms. The molecule has 102 valence electrons. The number of furan rings is 1. The molecule has 2 rings (SSSR count). The lowest BCUT2D eigenvalue weighted by Crippen LogP contribution is -2.18. The molecule has 1 unspecified atom stereocenters. The van der Waals surface area contributed by atoms with Gasteiger partial charge < -0.3 is 9.73 Å². The first-order valence-electron chi connectivity index (χ1n) is 5.82. The highest BCUT2D eigenvalue weighted by Gasteiger charge is 2.21. The predicted octanol–water partition coefficient (Wildman–Crippen LogP) is 3.62. The molecule has 0 aliphatic heterocycles. The van der Waals surface area contributed by atoms with Crippen molar-refractivity contribution in [3.8, 4) is 0 Å². The van der Waals surface area contributed by atoms with Gasteiger partial charge in [-0.2, -0.15) is 0 Å². The van der Waals surface area contributed by atoms with Crippen molar-refractivity contribution in [3.05, 3.63) is 58.3 Å². The molecule has 2 aromatic rings. The Morgan fingerprint density at radius 1 is 1.05 bits per heavy atom. The van der Waals surface area contributed by atoms with Gasteiger partial charge >= 0.3 is 0 Å². The average Bonchev–Trinajstić information content (AvgIpc) is 2.66. The second-order valence-electron chi connectivity index (χ2n) is 4.39. The average molecular weight is 269 g/mol. The minimum atomic E-state index is -1.46. The third kappa shape index (κ3) is 2.51. The van der Waals surface area contributed by atoms with E-state index in [-0.39, 0.29) is 0 Å². The van der Waals surface area contributed by atoms with E-state index in [9.17, 15) is 13.2 Å². The molecule has 0 aliphatic rings. The van der Waals surface area contributed by atoms with Gasteiger partial charge in [0.15, 0.2) is 17.5 Å².